The zero-order valence-electron chi connectivity index (χ0n) is 9.16. The molecule has 14 heavy (non-hydrogen) atoms. The zero-order valence-corrected chi connectivity index (χ0v) is 9.98. The molecule has 0 aliphatic carbocycles. The van der Waals surface area contributed by atoms with E-state index in [0.717, 1.165) is 10.1 Å². The first-order chi connectivity index (χ1) is 6.48. The van der Waals surface area contributed by atoms with Crippen LogP contribution in [0.25, 0.3) is 0 Å². The van der Waals surface area contributed by atoms with Crippen LogP contribution in [0, 0.1) is 12.8 Å². The molecule has 0 saturated heterocycles. The lowest BCUT2D eigenvalue weighted by Crippen LogP contribution is -2.47. The predicted molar refractivity (Wildman–Crippen MR) is 60.6 cm³/mol. The predicted octanol–water partition coefficient (Wildman–Crippen LogP) is 1.63. The van der Waals surface area contributed by atoms with E-state index in [0.29, 0.717) is 12.5 Å². The fourth-order valence-corrected chi connectivity index (χ4v) is 1.75. The van der Waals surface area contributed by atoms with Crippen LogP contribution in [0.2, 0.25) is 0 Å². The summed E-state index contributed by atoms with van der Waals surface area (Å²) in [4.78, 5) is 0. The SMILES string of the molecule is Cc1nnc(NC(C)(CN)C(C)C)s1. The smallest absolute Gasteiger partial charge is 0.206 e. The van der Waals surface area contributed by atoms with Gasteiger partial charge in [-0.05, 0) is 19.8 Å². The summed E-state index contributed by atoms with van der Waals surface area (Å²) in [5.41, 5.74) is 5.65. The van der Waals surface area contributed by atoms with Gasteiger partial charge in [0.05, 0.1) is 5.54 Å². The Morgan fingerprint density at radius 2 is 2.14 bits per heavy atom. The largest absolute Gasteiger partial charge is 0.353 e. The topological polar surface area (TPSA) is 63.8 Å². The van der Waals surface area contributed by atoms with Crippen molar-refractivity contribution in [2.24, 2.45) is 11.7 Å². The van der Waals surface area contributed by atoms with Crippen molar-refractivity contribution in [2.45, 2.75) is 33.2 Å². The van der Waals surface area contributed by atoms with Crippen molar-refractivity contribution in [3.63, 3.8) is 0 Å². The van der Waals surface area contributed by atoms with Gasteiger partial charge in [0.15, 0.2) is 0 Å². The number of aromatic nitrogens is 2. The van der Waals surface area contributed by atoms with Gasteiger partial charge in [-0.1, -0.05) is 25.2 Å². The van der Waals surface area contributed by atoms with Crippen LogP contribution in [0.15, 0.2) is 0 Å². The molecule has 1 aromatic rings. The molecule has 4 nitrogen and oxygen atoms in total. The Bertz CT molecular complexity index is 297. The van der Waals surface area contributed by atoms with Gasteiger partial charge in [-0.2, -0.15) is 0 Å². The van der Waals surface area contributed by atoms with Crippen molar-refractivity contribution in [1.29, 1.82) is 0 Å². The first-order valence-corrected chi connectivity index (χ1v) is 5.58. The normalized spacial score (nSPS) is 15.6. The van der Waals surface area contributed by atoms with Crippen LogP contribution in [0.4, 0.5) is 5.13 Å². The molecule has 80 valence electrons. The Hall–Kier alpha value is -0.680. The second-order valence-corrected chi connectivity index (χ2v) is 5.21. The highest BCUT2D eigenvalue weighted by molar-refractivity contribution is 7.15. The number of hydrogen-bond acceptors (Lipinski definition) is 5. The van der Waals surface area contributed by atoms with E-state index >= 15 is 0 Å². The first-order valence-electron chi connectivity index (χ1n) is 4.76. The summed E-state index contributed by atoms with van der Waals surface area (Å²) in [6.45, 7) is 8.93. The summed E-state index contributed by atoms with van der Waals surface area (Å²) >= 11 is 1.56. The highest BCUT2D eigenvalue weighted by Gasteiger charge is 2.27. The molecule has 1 atom stereocenters. The summed E-state index contributed by atoms with van der Waals surface area (Å²) in [5.74, 6) is 0.455. The standard InChI is InChI=1S/C9H18N4S/c1-6(2)9(4,5-10)11-8-13-12-7(3)14-8/h6H,5,10H2,1-4H3,(H,11,13). The van der Waals surface area contributed by atoms with Gasteiger partial charge in [0.1, 0.15) is 5.01 Å². The molecule has 0 bridgehead atoms. The summed E-state index contributed by atoms with van der Waals surface area (Å²) in [5, 5.41) is 13.2. The fraction of sp³-hybridized carbons (Fsp3) is 0.778. The molecule has 1 unspecified atom stereocenters. The Balaban J connectivity index is 2.75. The Morgan fingerprint density at radius 1 is 1.50 bits per heavy atom. The molecule has 0 spiro atoms. The van der Waals surface area contributed by atoms with Crippen LogP contribution in [-0.4, -0.2) is 22.3 Å². The molecule has 0 amide bonds. The third kappa shape index (κ3) is 2.42. The van der Waals surface area contributed by atoms with Crippen molar-refractivity contribution < 1.29 is 0 Å². The van der Waals surface area contributed by atoms with Crippen LogP contribution < -0.4 is 11.1 Å². The Labute approximate surface area is 88.9 Å². The van der Waals surface area contributed by atoms with E-state index in [-0.39, 0.29) is 5.54 Å². The second-order valence-electron chi connectivity index (χ2n) is 4.03. The van der Waals surface area contributed by atoms with Crippen LogP contribution in [0.1, 0.15) is 25.8 Å². The van der Waals surface area contributed by atoms with E-state index in [4.69, 9.17) is 5.73 Å². The average molecular weight is 214 g/mol. The van der Waals surface area contributed by atoms with Gasteiger partial charge >= 0.3 is 0 Å². The van der Waals surface area contributed by atoms with Gasteiger partial charge in [0, 0.05) is 6.54 Å². The summed E-state index contributed by atoms with van der Waals surface area (Å²) < 4.78 is 0. The number of rotatable bonds is 4. The van der Waals surface area contributed by atoms with Gasteiger partial charge < -0.3 is 11.1 Å². The van der Waals surface area contributed by atoms with Crippen molar-refractivity contribution in [3.8, 4) is 0 Å². The molecule has 1 rings (SSSR count). The molecule has 3 N–H and O–H groups in total. The number of hydrogen-bond donors (Lipinski definition) is 2. The quantitative estimate of drug-likeness (QED) is 0.799. The van der Waals surface area contributed by atoms with E-state index in [1.54, 1.807) is 11.3 Å². The van der Waals surface area contributed by atoms with E-state index in [1.165, 1.54) is 0 Å². The maximum absolute atomic E-state index is 5.76. The molecule has 0 aromatic carbocycles. The average Bonchev–Trinajstić information content (AvgIpc) is 2.50. The van der Waals surface area contributed by atoms with Crippen LogP contribution in [0.5, 0.6) is 0 Å². The maximum atomic E-state index is 5.76. The molecule has 1 aromatic heterocycles. The van der Waals surface area contributed by atoms with Gasteiger partial charge in [0.2, 0.25) is 5.13 Å². The highest BCUT2D eigenvalue weighted by atomic mass is 32.1. The van der Waals surface area contributed by atoms with Crippen molar-refractivity contribution in [1.82, 2.24) is 10.2 Å². The lowest BCUT2D eigenvalue weighted by Gasteiger charge is -2.33. The molecule has 0 saturated carbocycles. The summed E-state index contributed by atoms with van der Waals surface area (Å²) in [7, 11) is 0. The lowest BCUT2D eigenvalue weighted by atomic mass is 9.89. The molecule has 0 aliphatic heterocycles. The fourth-order valence-electron chi connectivity index (χ4n) is 1.02. The van der Waals surface area contributed by atoms with E-state index in [2.05, 4.69) is 36.3 Å². The van der Waals surface area contributed by atoms with E-state index in [9.17, 15) is 0 Å². The summed E-state index contributed by atoms with van der Waals surface area (Å²) in [6, 6.07) is 0. The maximum Gasteiger partial charge on any atom is 0.206 e. The van der Waals surface area contributed by atoms with Crippen molar-refractivity contribution >= 4 is 16.5 Å². The monoisotopic (exact) mass is 214 g/mol. The second kappa shape index (κ2) is 4.23. The molecule has 0 aliphatic rings. The molecule has 1 heterocycles. The zero-order chi connectivity index (χ0) is 10.8. The van der Waals surface area contributed by atoms with Gasteiger partial charge in [-0.25, -0.2) is 0 Å². The van der Waals surface area contributed by atoms with Gasteiger partial charge in [0.25, 0.3) is 0 Å². The Morgan fingerprint density at radius 3 is 2.50 bits per heavy atom. The van der Waals surface area contributed by atoms with E-state index < -0.39 is 0 Å². The minimum atomic E-state index is -0.105. The van der Waals surface area contributed by atoms with Crippen LogP contribution in [0.3, 0.4) is 0 Å². The molecule has 0 radical (unpaired) electrons. The first kappa shape index (κ1) is 11.4. The third-order valence-electron chi connectivity index (χ3n) is 2.62. The molecule has 5 heteroatoms. The number of nitrogens with two attached hydrogens (primary N) is 1. The number of anilines is 1. The van der Waals surface area contributed by atoms with Crippen LogP contribution >= 0.6 is 11.3 Å². The van der Waals surface area contributed by atoms with E-state index in [1.807, 2.05) is 6.92 Å². The number of aryl methyl sites for hydroxylation is 1. The molecular formula is C9H18N4S. The van der Waals surface area contributed by atoms with Gasteiger partial charge in [-0.15, -0.1) is 10.2 Å². The minimum Gasteiger partial charge on any atom is -0.353 e. The van der Waals surface area contributed by atoms with Crippen LogP contribution in [-0.2, 0) is 0 Å². The lowest BCUT2D eigenvalue weighted by molar-refractivity contribution is 0.382. The van der Waals surface area contributed by atoms with Crippen molar-refractivity contribution in [2.75, 3.05) is 11.9 Å². The number of nitrogens with zero attached hydrogens (tertiary/aromatic N) is 2. The minimum absolute atomic E-state index is 0.105. The highest BCUT2D eigenvalue weighted by Crippen LogP contribution is 2.23. The summed E-state index contributed by atoms with van der Waals surface area (Å²) in [6.07, 6.45) is 0. The molecule has 0 fully saturated rings. The van der Waals surface area contributed by atoms with Crippen molar-refractivity contribution in [3.05, 3.63) is 5.01 Å². The number of nitrogens with one attached hydrogen (secondary N) is 1. The van der Waals surface area contributed by atoms with Gasteiger partial charge in [-0.3, -0.25) is 0 Å². The molecular weight excluding hydrogens is 196 g/mol. The third-order valence-corrected chi connectivity index (χ3v) is 3.37. The Kier molecular flexibility index (Phi) is 3.44.